The summed E-state index contributed by atoms with van der Waals surface area (Å²) in [5.74, 6) is 0. The topological polar surface area (TPSA) is 105 Å². The molecule has 1 unspecified atom stereocenters. The highest BCUT2D eigenvalue weighted by molar-refractivity contribution is 7.89. The maximum atomic E-state index is 12.4. The van der Waals surface area contributed by atoms with Crippen molar-refractivity contribution in [3.05, 3.63) is 28.3 Å². The largest absolute Gasteiger partial charge is 0.383 e. The summed E-state index contributed by atoms with van der Waals surface area (Å²) in [7, 11) is 1.16. The molecule has 0 aromatic heterocycles. The molecule has 8 nitrogen and oxygen atoms in total. The fraction of sp³-hybridized carbons (Fsp3) is 0.500. The third-order valence-electron chi connectivity index (χ3n) is 2.74. The van der Waals surface area contributed by atoms with Crippen LogP contribution in [0.1, 0.15) is 6.92 Å². The van der Waals surface area contributed by atoms with Gasteiger partial charge < -0.3 is 10.2 Å². The molecule has 1 aromatic rings. The van der Waals surface area contributed by atoms with Crippen LogP contribution in [0.25, 0.3) is 0 Å². The molecule has 0 heterocycles. The molecular formula is C12H20N4O4S. The number of para-hydroxylation sites is 1. The number of nitrogens with zero attached hydrogens (tertiary/aromatic N) is 2. The molecule has 0 saturated carbocycles. The smallest absolute Gasteiger partial charge is 0.312 e. The molecule has 0 saturated heterocycles. The number of hydrogen-bond donors (Lipinski definition) is 2. The van der Waals surface area contributed by atoms with E-state index in [-0.39, 0.29) is 16.6 Å². The van der Waals surface area contributed by atoms with Crippen molar-refractivity contribution in [1.29, 1.82) is 0 Å². The minimum atomic E-state index is -3.97. The summed E-state index contributed by atoms with van der Waals surface area (Å²) in [6.07, 6.45) is 0. The molecule has 0 amide bonds. The van der Waals surface area contributed by atoms with Crippen molar-refractivity contribution in [1.82, 2.24) is 9.62 Å². The lowest BCUT2D eigenvalue weighted by Crippen LogP contribution is -2.39. The van der Waals surface area contributed by atoms with Crippen LogP contribution in [0, 0.1) is 10.1 Å². The fourth-order valence-electron chi connectivity index (χ4n) is 2.04. The zero-order chi connectivity index (χ0) is 16.2. The van der Waals surface area contributed by atoms with Gasteiger partial charge in [-0.25, -0.2) is 13.1 Å². The second-order valence-corrected chi connectivity index (χ2v) is 6.63. The van der Waals surface area contributed by atoms with E-state index in [1.165, 1.54) is 25.2 Å². The molecule has 118 valence electrons. The van der Waals surface area contributed by atoms with Crippen LogP contribution in [0.5, 0.6) is 0 Å². The van der Waals surface area contributed by atoms with Crippen molar-refractivity contribution in [3.8, 4) is 0 Å². The van der Waals surface area contributed by atoms with Crippen LogP contribution in [0.4, 0.5) is 11.4 Å². The highest BCUT2D eigenvalue weighted by Crippen LogP contribution is 2.31. The molecule has 0 aliphatic rings. The maximum Gasteiger partial charge on any atom is 0.312 e. The summed E-state index contributed by atoms with van der Waals surface area (Å²) in [5.41, 5.74) is -0.298. The maximum absolute atomic E-state index is 12.4. The van der Waals surface area contributed by atoms with E-state index in [0.29, 0.717) is 6.54 Å². The fourth-order valence-corrected chi connectivity index (χ4v) is 3.47. The van der Waals surface area contributed by atoms with Crippen molar-refractivity contribution in [2.24, 2.45) is 0 Å². The van der Waals surface area contributed by atoms with Gasteiger partial charge in [-0.1, -0.05) is 6.07 Å². The molecule has 1 atom stereocenters. The van der Waals surface area contributed by atoms with Crippen LogP contribution >= 0.6 is 0 Å². The van der Waals surface area contributed by atoms with E-state index in [2.05, 4.69) is 10.0 Å². The number of nitro benzene ring substituents is 1. The minimum absolute atomic E-state index is 0.156. The van der Waals surface area contributed by atoms with E-state index in [1.807, 2.05) is 19.0 Å². The van der Waals surface area contributed by atoms with E-state index in [4.69, 9.17) is 0 Å². The SMILES string of the molecule is CNc1cccc(S(=O)(=O)NC(C)CN(C)C)c1[N+](=O)[O-]. The van der Waals surface area contributed by atoms with E-state index in [9.17, 15) is 18.5 Å². The third-order valence-corrected chi connectivity index (χ3v) is 4.36. The van der Waals surface area contributed by atoms with Gasteiger partial charge in [0.15, 0.2) is 4.90 Å². The first-order valence-corrected chi connectivity index (χ1v) is 7.79. The Morgan fingerprint density at radius 1 is 1.38 bits per heavy atom. The van der Waals surface area contributed by atoms with Crippen molar-refractivity contribution >= 4 is 21.4 Å². The van der Waals surface area contributed by atoms with Crippen LogP contribution in [0.15, 0.2) is 23.1 Å². The number of anilines is 1. The van der Waals surface area contributed by atoms with Gasteiger partial charge in [-0.15, -0.1) is 0 Å². The highest BCUT2D eigenvalue weighted by atomic mass is 32.2. The van der Waals surface area contributed by atoms with Crippen molar-refractivity contribution in [2.75, 3.05) is 33.0 Å². The second-order valence-electron chi connectivity index (χ2n) is 4.94. The van der Waals surface area contributed by atoms with E-state index in [1.54, 1.807) is 6.92 Å². The standard InChI is InChI=1S/C12H20N4O4S/c1-9(8-15(3)4)14-21(19,20)11-7-5-6-10(13-2)12(11)16(17)18/h5-7,9,13-14H,8H2,1-4H3. The Bertz CT molecular complexity index is 616. The molecular weight excluding hydrogens is 296 g/mol. The van der Waals surface area contributed by atoms with Gasteiger partial charge in [-0.3, -0.25) is 10.1 Å². The average molecular weight is 316 g/mol. The van der Waals surface area contributed by atoms with Gasteiger partial charge in [0.1, 0.15) is 5.69 Å². The van der Waals surface area contributed by atoms with Gasteiger partial charge in [0.05, 0.1) is 4.92 Å². The van der Waals surface area contributed by atoms with Gasteiger partial charge in [-0.2, -0.15) is 0 Å². The molecule has 0 fully saturated rings. The molecule has 0 radical (unpaired) electrons. The Kier molecular flexibility index (Phi) is 5.64. The summed E-state index contributed by atoms with van der Waals surface area (Å²) in [6, 6.07) is 3.77. The number of hydrogen-bond acceptors (Lipinski definition) is 6. The molecule has 0 bridgehead atoms. The summed E-state index contributed by atoms with van der Waals surface area (Å²) in [4.78, 5) is 12.0. The summed E-state index contributed by atoms with van der Waals surface area (Å²) in [5, 5.41) is 13.8. The Balaban J connectivity index is 3.23. The van der Waals surface area contributed by atoms with E-state index >= 15 is 0 Å². The summed E-state index contributed by atoms with van der Waals surface area (Å²) >= 11 is 0. The van der Waals surface area contributed by atoms with Gasteiger partial charge in [0.25, 0.3) is 0 Å². The third kappa shape index (κ3) is 4.38. The Labute approximate surface area is 124 Å². The van der Waals surface area contributed by atoms with Crippen LogP contribution in [0.2, 0.25) is 0 Å². The zero-order valence-corrected chi connectivity index (χ0v) is 13.3. The summed E-state index contributed by atoms with van der Waals surface area (Å²) < 4.78 is 27.2. The second kappa shape index (κ2) is 6.83. The van der Waals surface area contributed by atoms with Gasteiger partial charge in [-0.05, 0) is 33.2 Å². The quantitative estimate of drug-likeness (QED) is 0.571. The van der Waals surface area contributed by atoms with Crippen LogP contribution < -0.4 is 10.0 Å². The lowest BCUT2D eigenvalue weighted by Gasteiger charge is -2.18. The number of nitrogens with one attached hydrogen (secondary N) is 2. The highest BCUT2D eigenvalue weighted by Gasteiger charge is 2.29. The first-order chi connectivity index (χ1) is 9.69. The first-order valence-electron chi connectivity index (χ1n) is 6.31. The minimum Gasteiger partial charge on any atom is -0.383 e. The molecule has 21 heavy (non-hydrogen) atoms. The van der Waals surface area contributed by atoms with Crippen LogP contribution in [-0.2, 0) is 10.0 Å². The van der Waals surface area contributed by atoms with Crippen LogP contribution in [0.3, 0.4) is 0 Å². The van der Waals surface area contributed by atoms with Gasteiger partial charge in [0, 0.05) is 19.6 Å². The number of rotatable bonds is 7. The Morgan fingerprint density at radius 2 is 2.00 bits per heavy atom. The molecule has 9 heteroatoms. The number of sulfonamides is 1. The number of nitro groups is 1. The molecule has 2 N–H and O–H groups in total. The van der Waals surface area contributed by atoms with Crippen molar-refractivity contribution in [3.63, 3.8) is 0 Å². The van der Waals surface area contributed by atoms with Gasteiger partial charge in [0.2, 0.25) is 10.0 Å². The Morgan fingerprint density at radius 3 is 2.48 bits per heavy atom. The molecule has 0 aliphatic carbocycles. The van der Waals surface area contributed by atoms with E-state index in [0.717, 1.165) is 0 Å². The van der Waals surface area contributed by atoms with Gasteiger partial charge >= 0.3 is 5.69 Å². The normalized spacial score (nSPS) is 13.2. The summed E-state index contributed by atoms with van der Waals surface area (Å²) in [6.45, 7) is 2.18. The number of likely N-dealkylation sites (N-methyl/N-ethyl adjacent to an activating group) is 1. The van der Waals surface area contributed by atoms with Crippen molar-refractivity contribution in [2.45, 2.75) is 17.9 Å². The average Bonchev–Trinajstić information content (AvgIpc) is 2.35. The first kappa shape index (κ1) is 17.3. The molecule has 0 spiro atoms. The number of benzene rings is 1. The van der Waals surface area contributed by atoms with E-state index < -0.39 is 20.6 Å². The Hall–Kier alpha value is -1.71. The monoisotopic (exact) mass is 316 g/mol. The zero-order valence-electron chi connectivity index (χ0n) is 12.5. The van der Waals surface area contributed by atoms with Crippen molar-refractivity contribution < 1.29 is 13.3 Å². The molecule has 1 aromatic carbocycles. The van der Waals surface area contributed by atoms with Crippen LogP contribution in [-0.4, -0.2) is 52.0 Å². The predicted octanol–water partition coefficient (Wildman–Crippen LogP) is 0.865. The lowest BCUT2D eigenvalue weighted by molar-refractivity contribution is -0.386. The lowest BCUT2D eigenvalue weighted by atomic mass is 10.3. The predicted molar refractivity (Wildman–Crippen MR) is 81.0 cm³/mol. The molecule has 0 aliphatic heterocycles. The molecule has 1 rings (SSSR count).